The molecule has 0 aromatic heterocycles. The average Bonchev–Trinajstić information content (AvgIpc) is 3.31. The number of likely N-dealkylation sites (N-methyl/N-ethyl adjacent to an activating group) is 1. The van der Waals surface area contributed by atoms with Crippen molar-refractivity contribution in [3.63, 3.8) is 0 Å². The first-order valence-electron chi connectivity index (χ1n) is 25.9. The lowest BCUT2D eigenvalue weighted by atomic mass is 10.0. The maximum atomic E-state index is 12.7. The van der Waals surface area contributed by atoms with E-state index in [1.807, 2.05) is 43.1 Å². The van der Waals surface area contributed by atoms with Crippen LogP contribution < -0.4 is 10.6 Å². The molecule has 0 aliphatic heterocycles. The summed E-state index contributed by atoms with van der Waals surface area (Å²) in [6, 6.07) is 13.0. The SMILES string of the molecule is CCCCCCCCCCCCCCCCCOCOCC(COP(=O)(O)OCCN(C)CC)OCOCCCCCCCCCCCNC(=O)Cc1ccccc1Nc1c(Cl)cccc1Cl. The number of benzene rings is 2. The summed E-state index contributed by atoms with van der Waals surface area (Å²) in [6.45, 7) is 7.64. The number of unbranched alkanes of at least 4 members (excludes halogenated alkanes) is 22. The highest BCUT2D eigenvalue weighted by molar-refractivity contribution is 7.47. The molecule has 0 spiro atoms. The summed E-state index contributed by atoms with van der Waals surface area (Å²) in [7, 11) is -2.34. The van der Waals surface area contributed by atoms with E-state index in [2.05, 4.69) is 17.6 Å². The summed E-state index contributed by atoms with van der Waals surface area (Å²) in [5.41, 5.74) is 2.31. The zero-order valence-corrected chi connectivity index (χ0v) is 44.1. The van der Waals surface area contributed by atoms with Crippen molar-refractivity contribution >= 4 is 48.3 Å². The zero-order valence-electron chi connectivity index (χ0n) is 41.7. The fourth-order valence-corrected chi connectivity index (χ4v) is 8.72. The average molecular weight is 1000 g/mol. The lowest BCUT2D eigenvalue weighted by molar-refractivity contribution is -0.143. The molecule has 2 unspecified atom stereocenters. The van der Waals surface area contributed by atoms with Crippen molar-refractivity contribution in [3.05, 3.63) is 58.1 Å². The minimum atomic E-state index is -4.25. The Morgan fingerprint density at radius 2 is 1.16 bits per heavy atom. The van der Waals surface area contributed by atoms with Crippen LogP contribution in [-0.2, 0) is 43.8 Å². The van der Waals surface area contributed by atoms with Crippen LogP contribution in [-0.4, -0.2) is 95.1 Å². The lowest BCUT2D eigenvalue weighted by Crippen LogP contribution is -2.27. The number of phosphoric acid groups is 1. The number of rotatable bonds is 47. The number of nitrogens with one attached hydrogen (secondary N) is 2. The molecule has 0 saturated heterocycles. The van der Waals surface area contributed by atoms with Gasteiger partial charge in [0, 0.05) is 32.0 Å². The second kappa shape index (κ2) is 41.9. The summed E-state index contributed by atoms with van der Waals surface area (Å²) in [5.74, 6) is -0.00988. The van der Waals surface area contributed by atoms with Crippen LogP contribution in [0.4, 0.5) is 11.4 Å². The molecule has 3 N–H and O–H groups in total. The van der Waals surface area contributed by atoms with Crippen molar-refractivity contribution in [2.45, 2.75) is 180 Å². The third kappa shape index (κ3) is 34.2. The van der Waals surface area contributed by atoms with Gasteiger partial charge in [-0.1, -0.05) is 196 Å². The largest absolute Gasteiger partial charge is 0.472 e. The van der Waals surface area contributed by atoms with Gasteiger partial charge in [0.2, 0.25) is 5.91 Å². The molecule has 15 heteroatoms. The van der Waals surface area contributed by atoms with Crippen molar-refractivity contribution in [2.75, 3.05) is 78.6 Å². The van der Waals surface area contributed by atoms with E-state index in [1.54, 1.807) is 18.2 Å². The second-order valence-electron chi connectivity index (χ2n) is 17.7. The Hall–Kier alpha value is -1.80. The van der Waals surface area contributed by atoms with E-state index < -0.39 is 13.9 Å². The molecule has 0 fully saturated rings. The van der Waals surface area contributed by atoms with E-state index >= 15 is 0 Å². The number of carbonyl (C=O) groups is 1. The zero-order chi connectivity index (χ0) is 48.5. The third-order valence-corrected chi connectivity index (χ3v) is 13.4. The number of anilines is 2. The van der Waals surface area contributed by atoms with Crippen LogP contribution in [0.25, 0.3) is 0 Å². The molecular weight excluding hydrogens is 912 g/mol. The van der Waals surface area contributed by atoms with Gasteiger partial charge in [0.15, 0.2) is 0 Å². The number of amides is 1. The molecule has 0 heterocycles. The van der Waals surface area contributed by atoms with E-state index in [-0.39, 0.29) is 45.7 Å². The summed E-state index contributed by atoms with van der Waals surface area (Å²) < 4.78 is 45.9. The van der Waals surface area contributed by atoms with Crippen molar-refractivity contribution in [2.24, 2.45) is 0 Å². The van der Waals surface area contributed by atoms with Gasteiger partial charge >= 0.3 is 7.82 Å². The predicted molar refractivity (Wildman–Crippen MR) is 277 cm³/mol. The highest BCUT2D eigenvalue weighted by Crippen LogP contribution is 2.43. The Morgan fingerprint density at radius 1 is 0.642 bits per heavy atom. The number of ether oxygens (including phenoxy) is 4. The number of para-hydroxylation sites is 2. The van der Waals surface area contributed by atoms with Crippen molar-refractivity contribution in [1.82, 2.24) is 10.2 Å². The second-order valence-corrected chi connectivity index (χ2v) is 20.0. The van der Waals surface area contributed by atoms with Gasteiger partial charge in [-0.05, 0) is 56.6 Å². The van der Waals surface area contributed by atoms with Gasteiger partial charge in [0.05, 0.1) is 42.0 Å². The third-order valence-electron chi connectivity index (χ3n) is 11.8. The number of phosphoric ester groups is 1. The molecule has 1 amide bonds. The lowest BCUT2D eigenvalue weighted by Gasteiger charge is -2.20. The van der Waals surface area contributed by atoms with Gasteiger partial charge in [-0.2, -0.15) is 0 Å². The molecule has 0 bridgehead atoms. The molecule has 12 nitrogen and oxygen atoms in total. The Kier molecular flexibility index (Phi) is 38.4. The molecule has 2 aromatic carbocycles. The Morgan fingerprint density at radius 3 is 1.73 bits per heavy atom. The summed E-state index contributed by atoms with van der Waals surface area (Å²) in [4.78, 5) is 24.9. The smallest absolute Gasteiger partial charge is 0.356 e. The molecule has 2 rings (SSSR count). The quantitative estimate of drug-likeness (QED) is 0.0332. The van der Waals surface area contributed by atoms with Crippen LogP contribution in [0.5, 0.6) is 0 Å². The van der Waals surface area contributed by atoms with Gasteiger partial charge < -0.3 is 39.4 Å². The Labute approximate surface area is 416 Å². The summed E-state index contributed by atoms with van der Waals surface area (Å²) in [6.07, 6.45) is 29.3. The fraction of sp³-hybridized carbons (Fsp3) is 0.750. The first-order chi connectivity index (χ1) is 32.6. The first kappa shape index (κ1) is 61.3. The maximum absolute atomic E-state index is 12.7. The van der Waals surface area contributed by atoms with Crippen LogP contribution in [0.3, 0.4) is 0 Å². The van der Waals surface area contributed by atoms with Crippen LogP contribution in [0.15, 0.2) is 42.5 Å². The standard InChI is InChI=1S/C52H90Cl2N3O9P/c1-4-6-7-8-9-10-11-12-13-14-15-18-21-24-29-38-61-44-63-42-47(43-66-67(59,60)65-40-37-57(3)5-2)64-45-62-39-30-25-22-19-16-17-20-23-28-36-55-51(58)41-46-32-26-27-35-50(46)56-52-48(53)33-31-34-49(52)54/h26-27,31-35,47,56H,4-25,28-30,36-45H2,1-3H3,(H,55,58)(H,59,60). The normalized spacial score (nSPS) is 13.0. The van der Waals surface area contributed by atoms with Crippen molar-refractivity contribution in [1.29, 1.82) is 0 Å². The molecule has 0 aliphatic carbocycles. The van der Waals surface area contributed by atoms with Crippen LogP contribution in [0.1, 0.15) is 174 Å². The summed E-state index contributed by atoms with van der Waals surface area (Å²) >= 11 is 12.7. The van der Waals surface area contributed by atoms with Crippen molar-refractivity contribution in [3.8, 4) is 0 Å². The van der Waals surface area contributed by atoms with Gasteiger partial charge in [0.1, 0.15) is 19.7 Å². The minimum Gasteiger partial charge on any atom is -0.356 e. The van der Waals surface area contributed by atoms with Crippen LogP contribution in [0, 0.1) is 0 Å². The van der Waals surface area contributed by atoms with Gasteiger partial charge in [-0.15, -0.1) is 0 Å². The van der Waals surface area contributed by atoms with E-state index in [1.165, 1.54) is 103 Å². The summed E-state index contributed by atoms with van der Waals surface area (Å²) in [5, 5.41) is 7.40. The predicted octanol–water partition coefficient (Wildman–Crippen LogP) is 14.2. The highest BCUT2D eigenvalue weighted by atomic mass is 35.5. The Bertz CT molecular complexity index is 1530. The monoisotopic (exact) mass is 1000 g/mol. The van der Waals surface area contributed by atoms with Crippen LogP contribution in [0.2, 0.25) is 10.0 Å². The number of halogens is 2. The van der Waals surface area contributed by atoms with E-state index in [9.17, 15) is 14.3 Å². The number of carbonyl (C=O) groups excluding carboxylic acids is 1. The van der Waals surface area contributed by atoms with Crippen LogP contribution >= 0.6 is 31.0 Å². The van der Waals surface area contributed by atoms with Crippen molar-refractivity contribution < 1.29 is 42.2 Å². The molecule has 386 valence electrons. The highest BCUT2D eigenvalue weighted by Gasteiger charge is 2.24. The number of nitrogens with zero attached hydrogens (tertiary/aromatic N) is 1. The number of hydrogen-bond acceptors (Lipinski definition) is 10. The topological polar surface area (TPSA) is 137 Å². The van der Waals surface area contributed by atoms with Gasteiger partial charge in [0.25, 0.3) is 0 Å². The maximum Gasteiger partial charge on any atom is 0.472 e. The van der Waals surface area contributed by atoms with Gasteiger partial charge in [-0.3, -0.25) is 13.8 Å². The molecule has 0 aliphatic rings. The van der Waals surface area contributed by atoms with E-state index in [0.717, 1.165) is 69.2 Å². The first-order valence-corrected chi connectivity index (χ1v) is 28.1. The minimum absolute atomic E-state index is 0.00988. The molecule has 0 radical (unpaired) electrons. The number of hydrogen-bond donors (Lipinski definition) is 3. The van der Waals surface area contributed by atoms with Gasteiger partial charge in [-0.25, -0.2) is 4.57 Å². The molecular formula is C52H90Cl2N3O9P. The molecule has 2 atom stereocenters. The molecule has 67 heavy (non-hydrogen) atoms. The Balaban J connectivity index is 1.50. The van der Waals surface area contributed by atoms with E-state index in [0.29, 0.717) is 42.0 Å². The van der Waals surface area contributed by atoms with E-state index in [4.69, 9.17) is 51.2 Å². The fourth-order valence-electron chi connectivity index (χ4n) is 7.48. The molecule has 2 aromatic rings. The molecule has 0 saturated carbocycles.